The van der Waals surface area contributed by atoms with Gasteiger partial charge in [0, 0.05) is 17.2 Å². The van der Waals surface area contributed by atoms with Crippen LogP contribution >= 0.6 is 0 Å². The number of hydrogen-bond acceptors (Lipinski definition) is 5. The van der Waals surface area contributed by atoms with E-state index in [-0.39, 0.29) is 0 Å². The van der Waals surface area contributed by atoms with Crippen LogP contribution in [0.4, 0.5) is 0 Å². The molecular formula is C19H15N3O2. The van der Waals surface area contributed by atoms with E-state index in [2.05, 4.69) is 15.1 Å². The van der Waals surface area contributed by atoms with Crippen LogP contribution in [0.25, 0.3) is 33.6 Å². The smallest absolute Gasteiger partial charge is 0.232 e. The first-order valence-electron chi connectivity index (χ1n) is 7.58. The van der Waals surface area contributed by atoms with Crippen molar-refractivity contribution in [2.45, 2.75) is 6.92 Å². The first kappa shape index (κ1) is 14.4. The van der Waals surface area contributed by atoms with E-state index in [9.17, 15) is 0 Å². The van der Waals surface area contributed by atoms with Gasteiger partial charge in [-0.2, -0.15) is 0 Å². The maximum atomic E-state index is 5.58. The van der Waals surface area contributed by atoms with Gasteiger partial charge in [-0.25, -0.2) is 9.97 Å². The number of aryl methyl sites for hydroxylation is 1. The minimum Gasteiger partial charge on any atom is -0.480 e. The second-order valence-electron chi connectivity index (χ2n) is 5.54. The summed E-state index contributed by atoms with van der Waals surface area (Å²) in [5.41, 5.74) is 5.27. The Balaban J connectivity index is 1.86. The first-order chi connectivity index (χ1) is 11.7. The van der Waals surface area contributed by atoms with Gasteiger partial charge in [-0.1, -0.05) is 35.5 Å². The lowest BCUT2D eigenvalue weighted by atomic mass is 10.1. The molecule has 0 saturated heterocycles. The van der Waals surface area contributed by atoms with Crippen LogP contribution in [0, 0.1) is 6.92 Å². The molecule has 0 saturated carbocycles. The molecule has 24 heavy (non-hydrogen) atoms. The van der Waals surface area contributed by atoms with Crippen molar-refractivity contribution in [2.75, 3.05) is 7.11 Å². The monoisotopic (exact) mass is 317 g/mol. The molecule has 5 nitrogen and oxygen atoms in total. The third kappa shape index (κ3) is 2.50. The minimum atomic E-state index is 0.488. The second kappa shape index (κ2) is 5.77. The molecule has 0 amide bonds. The number of hydrogen-bond donors (Lipinski definition) is 0. The average Bonchev–Trinajstić information content (AvgIpc) is 3.11. The fourth-order valence-electron chi connectivity index (χ4n) is 2.68. The zero-order valence-electron chi connectivity index (χ0n) is 13.4. The Hall–Kier alpha value is -3.21. The Labute approximate surface area is 138 Å². The van der Waals surface area contributed by atoms with Crippen LogP contribution in [0.15, 0.2) is 59.3 Å². The zero-order valence-corrected chi connectivity index (χ0v) is 13.4. The van der Waals surface area contributed by atoms with Gasteiger partial charge in [0.05, 0.1) is 18.8 Å². The summed E-state index contributed by atoms with van der Waals surface area (Å²) in [6.45, 7) is 2.01. The molecule has 0 unspecified atom stereocenters. The van der Waals surface area contributed by atoms with Crippen molar-refractivity contribution in [1.82, 2.24) is 15.1 Å². The highest BCUT2D eigenvalue weighted by Crippen LogP contribution is 2.31. The Morgan fingerprint density at radius 2 is 1.88 bits per heavy atom. The third-order valence-electron chi connectivity index (χ3n) is 3.82. The summed E-state index contributed by atoms with van der Waals surface area (Å²) in [6.07, 6.45) is 1.61. The Bertz CT molecular complexity index is 1010. The topological polar surface area (TPSA) is 61.0 Å². The number of aromatic nitrogens is 3. The number of methoxy groups -OCH3 is 1. The molecule has 0 N–H and O–H groups in total. The molecule has 4 rings (SSSR count). The number of nitrogens with zero attached hydrogens (tertiary/aromatic N) is 3. The largest absolute Gasteiger partial charge is 0.480 e. The summed E-state index contributed by atoms with van der Waals surface area (Å²) in [6, 6.07) is 15.9. The van der Waals surface area contributed by atoms with E-state index in [1.165, 1.54) is 0 Å². The molecule has 0 radical (unpaired) electrons. The van der Waals surface area contributed by atoms with Crippen LogP contribution < -0.4 is 4.74 Å². The summed E-state index contributed by atoms with van der Waals surface area (Å²) >= 11 is 0. The van der Waals surface area contributed by atoms with Crippen molar-refractivity contribution >= 4 is 11.0 Å². The fraction of sp³-hybridized carbons (Fsp3) is 0.105. The maximum Gasteiger partial charge on any atom is 0.232 e. The van der Waals surface area contributed by atoms with E-state index in [4.69, 9.17) is 9.26 Å². The minimum absolute atomic E-state index is 0.488. The van der Waals surface area contributed by atoms with E-state index in [0.29, 0.717) is 11.6 Å². The van der Waals surface area contributed by atoms with Crippen LogP contribution in [0.2, 0.25) is 0 Å². The average molecular weight is 317 g/mol. The van der Waals surface area contributed by atoms with E-state index in [1.807, 2.05) is 55.5 Å². The fourth-order valence-corrected chi connectivity index (χ4v) is 2.68. The summed E-state index contributed by atoms with van der Waals surface area (Å²) in [4.78, 5) is 8.94. The van der Waals surface area contributed by atoms with Crippen molar-refractivity contribution in [1.29, 1.82) is 0 Å². The van der Waals surface area contributed by atoms with Gasteiger partial charge in [-0.3, -0.25) is 0 Å². The third-order valence-corrected chi connectivity index (χ3v) is 3.82. The molecule has 0 spiro atoms. The number of benzene rings is 2. The van der Waals surface area contributed by atoms with Crippen LogP contribution in [-0.4, -0.2) is 22.2 Å². The van der Waals surface area contributed by atoms with Crippen LogP contribution in [0.5, 0.6) is 5.88 Å². The lowest BCUT2D eigenvalue weighted by molar-refractivity contribution is 0.397. The zero-order chi connectivity index (χ0) is 16.5. The van der Waals surface area contributed by atoms with Gasteiger partial charge in [0.15, 0.2) is 5.76 Å². The standard InChI is InChI=1S/C19H15N3O2/c1-12-8-14(19-16(9-12)21-18(23-2)11-20-19)17-10-15(22-24-17)13-6-4-3-5-7-13/h3-11H,1-2H3. The molecule has 0 bridgehead atoms. The Morgan fingerprint density at radius 3 is 2.67 bits per heavy atom. The molecule has 2 aromatic carbocycles. The van der Waals surface area contributed by atoms with Crippen molar-refractivity contribution < 1.29 is 9.26 Å². The van der Waals surface area contributed by atoms with Crippen molar-refractivity contribution in [2.24, 2.45) is 0 Å². The van der Waals surface area contributed by atoms with Gasteiger partial charge < -0.3 is 9.26 Å². The van der Waals surface area contributed by atoms with E-state index in [1.54, 1.807) is 13.3 Å². The Kier molecular flexibility index (Phi) is 3.46. The summed E-state index contributed by atoms with van der Waals surface area (Å²) in [5.74, 6) is 1.16. The molecule has 0 aliphatic heterocycles. The molecule has 2 heterocycles. The normalized spacial score (nSPS) is 10.9. The maximum absolute atomic E-state index is 5.58. The van der Waals surface area contributed by atoms with Gasteiger partial charge in [0.25, 0.3) is 0 Å². The van der Waals surface area contributed by atoms with Crippen LogP contribution in [-0.2, 0) is 0 Å². The molecule has 0 fully saturated rings. The molecule has 5 heteroatoms. The summed E-state index contributed by atoms with van der Waals surface area (Å²) in [7, 11) is 1.58. The van der Waals surface area contributed by atoms with E-state index >= 15 is 0 Å². The second-order valence-corrected chi connectivity index (χ2v) is 5.54. The molecule has 118 valence electrons. The molecule has 0 atom stereocenters. The predicted octanol–water partition coefficient (Wildman–Crippen LogP) is 4.27. The van der Waals surface area contributed by atoms with E-state index in [0.717, 1.165) is 33.4 Å². The van der Waals surface area contributed by atoms with Gasteiger partial charge >= 0.3 is 0 Å². The van der Waals surface area contributed by atoms with Gasteiger partial charge in [0.2, 0.25) is 5.88 Å². The lowest BCUT2D eigenvalue weighted by Crippen LogP contribution is -1.93. The molecular weight excluding hydrogens is 302 g/mol. The molecule has 0 aliphatic carbocycles. The quantitative estimate of drug-likeness (QED) is 0.565. The highest BCUT2D eigenvalue weighted by atomic mass is 16.5. The van der Waals surface area contributed by atoms with Gasteiger partial charge in [-0.05, 0) is 24.6 Å². The van der Waals surface area contributed by atoms with Crippen LogP contribution in [0.3, 0.4) is 0 Å². The van der Waals surface area contributed by atoms with E-state index < -0.39 is 0 Å². The number of ether oxygens (including phenoxy) is 1. The van der Waals surface area contributed by atoms with Gasteiger partial charge in [-0.15, -0.1) is 0 Å². The molecule has 2 aromatic heterocycles. The van der Waals surface area contributed by atoms with Crippen molar-refractivity contribution in [3.05, 3.63) is 60.3 Å². The molecule has 4 aromatic rings. The predicted molar refractivity (Wildman–Crippen MR) is 91.8 cm³/mol. The Morgan fingerprint density at radius 1 is 1.04 bits per heavy atom. The van der Waals surface area contributed by atoms with Crippen LogP contribution in [0.1, 0.15) is 5.56 Å². The van der Waals surface area contributed by atoms with Crippen molar-refractivity contribution in [3.8, 4) is 28.5 Å². The number of fused-ring (bicyclic) bond motifs is 1. The number of rotatable bonds is 3. The highest BCUT2D eigenvalue weighted by molar-refractivity contribution is 5.91. The lowest BCUT2D eigenvalue weighted by Gasteiger charge is -2.05. The molecule has 0 aliphatic rings. The van der Waals surface area contributed by atoms with Gasteiger partial charge in [0.1, 0.15) is 11.2 Å². The first-order valence-corrected chi connectivity index (χ1v) is 7.58. The highest BCUT2D eigenvalue weighted by Gasteiger charge is 2.14. The summed E-state index contributed by atoms with van der Waals surface area (Å²) in [5, 5.41) is 4.19. The summed E-state index contributed by atoms with van der Waals surface area (Å²) < 4.78 is 10.7. The van der Waals surface area contributed by atoms with Crippen molar-refractivity contribution in [3.63, 3.8) is 0 Å². The SMILES string of the molecule is COc1cnc2c(-c3cc(-c4ccccc4)no3)cc(C)cc2n1.